The van der Waals surface area contributed by atoms with Gasteiger partial charge >= 0.3 is 5.97 Å². The maximum atomic E-state index is 11.4. The molecule has 0 radical (unpaired) electrons. The lowest BCUT2D eigenvalue weighted by Gasteiger charge is -2.64. The van der Waals surface area contributed by atoms with Crippen LogP contribution in [-0.4, -0.2) is 12.6 Å². The summed E-state index contributed by atoms with van der Waals surface area (Å²) >= 11 is 0. The van der Waals surface area contributed by atoms with Crippen molar-refractivity contribution in [3.05, 3.63) is 12.2 Å². The van der Waals surface area contributed by atoms with Gasteiger partial charge in [-0.2, -0.15) is 0 Å². The number of hydrogen-bond acceptors (Lipinski definition) is 2. The summed E-state index contributed by atoms with van der Waals surface area (Å²) < 4.78 is 5.54. The van der Waals surface area contributed by atoms with Gasteiger partial charge in [-0.05, 0) is 73.0 Å². The van der Waals surface area contributed by atoms with Gasteiger partial charge in [0, 0.05) is 12.3 Å². The monoisotopic (exact) mass is 330 g/mol. The molecule has 1 spiro atoms. The van der Waals surface area contributed by atoms with Crippen LogP contribution in [0.25, 0.3) is 0 Å². The van der Waals surface area contributed by atoms with Gasteiger partial charge in [-0.15, -0.1) is 0 Å². The minimum absolute atomic E-state index is 0.122. The Hall–Kier alpha value is -0.790. The zero-order chi connectivity index (χ0) is 17.2. The van der Waals surface area contributed by atoms with Gasteiger partial charge in [0.1, 0.15) is 0 Å². The van der Waals surface area contributed by atoms with E-state index in [4.69, 9.17) is 4.74 Å². The van der Waals surface area contributed by atoms with Crippen LogP contribution in [0.4, 0.5) is 0 Å². The standard InChI is InChI=1S/C22H34O2/c1-16(23)24-15-20(3)8-5-9-21(4)17(20)7-11-22-13-12-19(2,14-22)10-6-18(21)22/h12-13,17-18H,5-11,14-15H2,1-4H3/t17-,18+,19-,20+,21-,22+/m1/s1. The molecule has 4 rings (SSSR count). The molecule has 4 aliphatic rings. The Labute approximate surface area is 147 Å². The molecule has 24 heavy (non-hydrogen) atoms. The summed E-state index contributed by atoms with van der Waals surface area (Å²) in [5.74, 6) is 1.41. The largest absolute Gasteiger partial charge is 0.465 e. The molecule has 0 aliphatic heterocycles. The Bertz CT molecular complexity index is 581. The van der Waals surface area contributed by atoms with Crippen molar-refractivity contribution in [1.29, 1.82) is 0 Å². The van der Waals surface area contributed by atoms with Crippen molar-refractivity contribution >= 4 is 5.97 Å². The normalized spacial score (nSPS) is 52.5. The van der Waals surface area contributed by atoms with Crippen molar-refractivity contribution < 1.29 is 9.53 Å². The lowest BCUT2D eigenvalue weighted by molar-refractivity contribution is -0.170. The topological polar surface area (TPSA) is 26.3 Å². The fraction of sp³-hybridized carbons (Fsp3) is 0.864. The van der Waals surface area contributed by atoms with Crippen molar-refractivity contribution in [2.24, 2.45) is 33.5 Å². The van der Waals surface area contributed by atoms with Crippen LogP contribution >= 0.6 is 0 Å². The molecule has 0 saturated heterocycles. The zero-order valence-electron chi connectivity index (χ0n) is 16.0. The first-order valence-electron chi connectivity index (χ1n) is 10.1. The predicted molar refractivity (Wildman–Crippen MR) is 96.4 cm³/mol. The second kappa shape index (κ2) is 5.11. The van der Waals surface area contributed by atoms with E-state index in [1.165, 1.54) is 51.4 Å². The lowest BCUT2D eigenvalue weighted by atomic mass is 9.40. The van der Waals surface area contributed by atoms with Gasteiger partial charge in [0.25, 0.3) is 0 Å². The van der Waals surface area contributed by atoms with Crippen LogP contribution in [0.3, 0.4) is 0 Å². The molecule has 2 nitrogen and oxygen atoms in total. The van der Waals surface area contributed by atoms with Crippen molar-refractivity contribution in [2.75, 3.05) is 6.61 Å². The Morgan fingerprint density at radius 2 is 1.79 bits per heavy atom. The molecular formula is C22H34O2. The maximum Gasteiger partial charge on any atom is 0.302 e. The van der Waals surface area contributed by atoms with E-state index in [0.29, 0.717) is 28.8 Å². The molecule has 134 valence electrons. The average molecular weight is 331 g/mol. The molecule has 2 bridgehead atoms. The Balaban J connectivity index is 1.65. The fourth-order valence-electron chi connectivity index (χ4n) is 7.71. The summed E-state index contributed by atoms with van der Waals surface area (Å²) in [6.07, 6.45) is 15.8. The number of carbonyl (C=O) groups excluding carboxylic acids is 1. The second-order valence-electron chi connectivity index (χ2n) is 10.4. The van der Waals surface area contributed by atoms with Crippen molar-refractivity contribution in [3.8, 4) is 0 Å². The molecule has 0 aromatic heterocycles. The van der Waals surface area contributed by atoms with Crippen LogP contribution in [-0.2, 0) is 9.53 Å². The Kier molecular flexibility index (Phi) is 3.55. The zero-order valence-corrected chi connectivity index (χ0v) is 16.0. The smallest absolute Gasteiger partial charge is 0.302 e. The van der Waals surface area contributed by atoms with E-state index in [1.54, 1.807) is 6.92 Å². The first-order chi connectivity index (χ1) is 11.2. The third-order valence-electron chi connectivity index (χ3n) is 8.65. The van der Waals surface area contributed by atoms with Gasteiger partial charge in [-0.3, -0.25) is 4.79 Å². The van der Waals surface area contributed by atoms with Gasteiger partial charge in [0.05, 0.1) is 6.61 Å². The van der Waals surface area contributed by atoms with Gasteiger partial charge in [0.2, 0.25) is 0 Å². The van der Waals surface area contributed by atoms with Crippen LogP contribution in [0, 0.1) is 33.5 Å². The van der Waals surface area contributed by atoms with Gasteiger partial charge in [0.15, 0.2) is 0 Å². The number of fused-ring (bicyclic) bond motifs is 3. The Morgan fingerprint density at radius 1 is 1.04 bits per heavy atom. The molecule has 0 unspecified atom stereocenters. The highest BCUT2D eigenvalue weighted by Gasteiger charge is 2.63. The first-order valence-corrected chi connectivity index (χ1v) is 10.1. The summed E-state index contributed by atoms with van der Waals surface area (Å²) in [5, 5.41) is 0. The highest BCUT2D eigenvalue weighted by molar-refractivity contribution is 5.65. The summed E-state index contributed by atoms with van der Waals surface area (Å²) in [4.78, 5) is 11.4. The predicted octanol–water partition coefficient (Wildman–Crippen LogP) is 5.52. The second-order valence-corrected chi connectivity index (χ2v) is 10.4. The Morgan fingerprint density at radius 3 is 2.54 bits per heavy atom. The van der Waals surface area contributed by atoms with Gasteiger partial charge in [-0.1, -0.05) is 39.3 Å². The summed E-state index contributed by atoms with van der Waals surface area (Å²) in [6.45, 7) is 9.62. The lowest BCUT2D eigenvalue weighted by Crippen LogP contribution is -2.57. The maximum absolute atomic E-state index is 11.4. The fourth-order valence-corrected chi connectivity index (χ4v) is 7.71. The molecular weight excluding hydrogens is 296 g/mol. The van der Waals surface area contributed by atoms with Crippen molar-refractivity contribution in [2.45, 2.75) is 79.1 Å². The summed E-state index contributed by atoms with van der Waals surface area (Å²) in [6, 6.07) is 0. The van der Waals surface area contributed by atoms with Gasteiger partial charge in [-0.25, -0.2) is 0 Å². The van der Waals surface area contributed by atoms with E-state index >= 15 is 0 Å². The number of ether oxygens (including phenoxy) is 1. The molecule has 0 aromatic carbocycles. The number of hydrogen-bond donors (Lipinski definition) is 0. The highest BCUT2D eigenvalue weighted by Crippen LogP contribution is 2.71. The number of esters is 1. The first kappa shape index (κ1) is 16.7. The quantitative estimate of drug-likeness (QED) is 0.492. The van der Waals surface area contributed by atoms with Crippen molar-refractivity contribution in [1.82, 2.24) is 0 Å². The molecule has 0 amide bonds. The summed E-state index contributed by atoms with van der Waals surface area (Å²) in [7, 11) is 0. The van der Waals surface area contributed by atoms with E-state index in [0.717, 1.165) is 5.92 Å². The number of carbonyl (C=O) groups is 1. The molecule has 3 fully saturated rings. The van der Waals surface area contributed by atoms with Crippen LogP contribution in [0.5, 0.6) is 0 Å². The highest BCUT2D eigenvalue weighted by atomic mass is 16.5. The summed E-state index contributed by atoms with van der Waals surface area (Å²) in [5.41, 5.74) is 1.53. The van der Waals surface area contributed by atoms with Crippen LogP contribution in [0.1, 0.15) is 79.1 Å². The number of allylic oxidation sites excluding steroid dienone is 2. The minimum Gasteiger partial charge on any atom is -0.465 e. The van der Waals surface area contributed by atoms with E-state index in [9.17, 15) is 4.79 Å². The molecule has 0 heterocycles. The minimum atomic E-state index is -0.122. The SMILES string of the molecule is CC(=O)OC[C@]1(C)CCC[C@]2(C)[C@@H]1CC[C@@]13C=C[C@@](C)(CC[C@H]12)C3. The third kappa shape index (κ3) is 2.24. The average Bonchev–Trinajstić information content (AvgIpc) is 2.75. The van der Waals surface area contributed by atoms with E-state index < -0.39 is 0 Å². The van der Waals surface area contributed by atoms with E-state index in [2.05, 4.69) is 32.9 Å². The van der Waals surface area contributed by atoms with Crippen LogP contribution in [0.2, 0.25) is 0 Å². The van der Waals surface area contributed by atoms with Crippen LogP contribution < -0.4 is 0 Å². The third-order valence-corrected chi connectivity index (χ3v) is 8.65. The molecule has 0 N–H and O–H groups in total. The molecule has 2 heteroatoms. The van der Waals surface area contributed by atoms with Crippen molar-refractivity contribution in [3.63, 3.8) is 0 Å². The molecule has 4 aliphatic carbocycles. The molecule has 6 atom stereocenters. The van der Waals surface area contributed by atoms with E-state index in [-0.39, 0.29) is 11.4 Å². The van der Waals surface area contributed by atoms with Gasteiger partial charge < -0.3 is 4.74 Å². The molecule has 0 aromatic rings. The van der Waals surface area contributed by atoms with E-state index in [1.807, 2.05) is 0 Å². The van der Waals surface area contributed by atoms with Crippen LogP contribution in [0.15, 0.2) is 12.2 Å². The molecule has 3 saturated carbocycles. The number of rotatable bonds is 2.